The number of sulfonamides is 1. The second kappa shape index (κ2) is 10.6. The first-order valence-electron chi connectivity index (χ1n) is 8.81. The van der Waals surface area contributed by atoms with Crippen molar-refractivity contribution in [1.29, 1.82) is 0 Å². The van der Waals surface area contributed by atoms with Gasteiger partial charge in [-0.15, -0.1) is 0 Å². The largest absolute Gasteiger partial charge is 0.416 e. The van der Waals surface area contributed by atoms with Crippen LogP contribution in [0.1, 0.15) is 23.1 Å². The lowest BCUT2D eigenvalue weighted by Gasteiger charge is -2.05. The Hall–Kier alpha value is -3.09. The highest BCUT2D eigenvalue weighted by Crippen LogP contribution is 2.29. The zero-order chi connectivity index (χ0) is 22.0. The Morgan fingerprint density at radius 2 is 1.80 bits per heavy atom. The molecule has 0 aliphatic heterocycles. The number of alkyl halides is 3. The van der Waals surface area contributed by atoms with Crippen LogP contribution in [0.15, 0.2) is 60.0 Å². The minimum Gasteiger partial charge on any atom is -0.345 e. The molecule has 0 aromatic heterocycles. The van der Waals surface area contributed by atoms with E-state index in [1.54, 1.807) is 24.3 Å². The molecule has 30 heavy (non-hydrogen) atoms. The van der Waals surface area contributed by atoms with E-state index < -0.39 is 27.7 Å². The van der Waals surface area contributed by atoms with E-state index >= 15 is 0 Å². The van der Waals surface area contributed by atoms with Gasteiger partial charge in [-0.3, -0.25) is 4.79 Å². The molecule has 1 amide bonds. The summed E-state index contributed by atoms with van der Waals surface area (Å²) >= 11 is 0. The summed E-state index contributed by atoms with van der Waals surface area (Å²) in [4.78, 5) is 11.7. The Kier molecular flexibility index (Phi) is 8.21. The summed E-state index contributed by atoms with van der Waals surface area (Å²) in [5, 5.41) is 3.47. The first-order valence-corrected chi connectivity index (χ1v) is 10.4. The molecular formula is C21H19F3N2O3S. The number of benzene rings is 2. The van der Waals surface area contributed by atoms with Crippen LogP contribution >= 0.6 is 0 Å². The molecule has 2 rings (SSSR count). The molecule has 0 heterocycles. The highest BCUT2D eigenvalue weighted by atomic mass is 32.2. The van der Waals surface area contributed by atoms with Gasteiger partial charge in [0, 0.05) is 23.9 Å². The van der Waals surface area contributed by atoms with Crippen molar-refractivity contribution < 1.29 is 26.4 Å². The van der Waals surface area contributed by atoms with Gasteiger partial charge in [0.15, 0.2) is 0 Å². The Bertz CT molecular complexity index is 1050. The second-order valence-electron chi connectivity index (χ2n) is 6.06. The standard InChI is InChI=1S/C21H19F3N2O3S/c22-21(23,24)19-10-4-8-18(16-19)9-5-13-25-20(27)11-14-26-30(28,29)15-12-17-6-2-1-3-7-17/h1-4,6-8,10,12,15-16,26H,11,13-14H2,(H,25,27)/b15-12+. The quantitative estimate of drug-likeness (QED) is 0.655. The van der Waals surface area contributed by atoms with E-state index in [-0.39, 0.29) is 25.1 Å². The van der Waals surface area contributed by atoms with Gasteiger partial charge >= 0.3 is 6.18 Å². The first kappa shape index (κ1) is 23.2. The van der Waals surface area contributed by atoms with Gasteiger partial charge in [-0.1, -0.05) is 48.2 Å². The van der Waals surface area contributed by atoms with Gasteiger partial charge in [0.1, 0.15) is 0 Å². The van der Waals surface area contributed by atoms with Crippen LogP contribution in [0.2, 0.25) is 0 Å². The zero-order valence-corrected chi connectivity index (χ0v) is 16.6. The number of rotatable bonds is 7. The molecular weight excluding hydrogens is 417 g/mol. The fourth-order valence-corrected chi connectivity index (χ4v) is 3.06. The fraction of sp³-hybridized carbons (Fsp3) is 0.190. The molecule has 0 unspecified atom stereocenters. The van der Waals surface area contributed by atoms with Gasteiger partial charge < -0.3 is 5.32 Å². The third-order valence-corrected chi connectivity index (χ3v) is 4.79. The molecule has 2 N–H and O–H groups in total. The lowest BCUT2D eigenvalue weighted by Crippen LogP contribution is -2.30. The molecule has 0 radical (unpaired) electrons. The van der Waals surface area contributed by atoms with Crippen molar-refractivity contribution in [1.82, 2.24) is 10.0 Å². The van der Waals surface area contributed by atoms with E-state index in [0.717, 1.165) is 23.1 Å². The Labute approximate surface area is 173 Å². The molecule has 2 aromatic carbocycles. The molecule has 0 aliphatic carbocycles. The van der Waals surface area contributed by atoms with E-state index in [1.807, 2.05) is 6.07 Å². The number of hydrogen-bond donors (Lipinski definition) is 2. The van der Waals surface area contributed by atoms with Gasteiger partial charge in [-0.05, 0) is 29.8 Å². The van der Waals surface area contributed by atoms with Crippen molar-refractivity contribution in [2.75, 3.05) is 13.1 Å². The third-order valence-electron chi connectivity index (χ3n) is 3.69. The van der Waals surface area contributed by atoms with Crippen molar-refractivity contribution in [3.8, 4) is 11.8 Å². The minimum absolute atomic E-state index is 0.0737. The maximum atomic E-state index is 12.6. The van der Waals surface area contributed by atoms with Crippen LogP contribution in [0.3, 0.4) is 0 Å². The molecule has 9 heteroatoms. The van der Waals surface area contributed by atoms with Gasteiger partial charge in [0.25, 0.3) is 0 Å². The summed E-state index contributed by atoms with van der Waals surface area (Å²) in [6.45, 7) is -0.176. The maximum absolute atomic E-state index is 12.6. The normalized spacial score (nSPS) is 11.7. The summed E-state index contributed by atoms with van der Waals surface area (Å²) < 4.78 is 63.9. The van der Waals surface area contributed by atoms with Crippen LogP contribution in [0, 0.1) is 11.8 Å². The van der Waals surface area contributed by atoms with Crippen LogP contribution in [0.25, 0.3) is 6.08 Å². The Morgan fingerprint density at radius 3 is 2.50 bits per heavy atom. The van der Waals surface area contributed by atoms with Crippen molar-refractivity contribution in [3.63, 3.8) is 0 Å². The van der Waals surface area contributed by atoms with Crippen LogP contribution in [-0.2, 0) is 21.0 Å². The average Bonchev–Trinajstić information content (AvgIpc) is 2.70. The lowest BCUT2D eigenvalue weighted by molar-refractivity contribution is -0.137. The second-order valence-corrected chi connectivity index (χ2v) is 7.71. The number of amides is 1. The number of carbonyl (C=O) groups excluding carboxylic acids is 1. The summed E-state index contributed by atoms with van der Waals surface area (Å²) in [6, 6.07) is 13.4. The highest BCUT2D eigenvalue weighted by molar-refractivity contribution is 7.92. The van der Waals surface area contributed by atoms with Crippen molar-refractivity contribution in [2.45, 2.75) is 12.6 Å². The molecule has 0 fully saturated rings. The average molecular weight is 436 g/mol. The van der Waals surface area contributed by atoms with E-state index in [9.17, 15) is 26.4 Å². The molecule has 0 saturated heterocycles. The van der Waals surface area contributed by atoms with Gasteiger partial charge in [-0.25, -0.2) is 13.1 Å². The molecule has 0 spiro atoms. The SMILES string of the molecule is O=C(CCNS(=O)(=O)/C=C/c1ccccc1)NCC#Cc1cccc(C(F)(F)F)c1. The van der Waals surface area contributed by atoms with E-state index in [4.69, 9.17) is 0 Å². The van der Waals surface area contributed by atoms with Crippen molar-refractivity contribution >= 4 is 22.0 Å². The van der Waals surface area contributed by atoms with E-state index in [2.05, 4.69) is 21.9 Å². The zero-order valence-electron chi connectivity index (χ0n) is 15.7. The summed E-state index contributed by atoms with van der Waals surface area (Å²) in [5.74, 6) is 4.66. The van der Waals surface area contributed by atoms with Crippen LogP contribution in [-0.4, -0.2) is 27.4 Å². The smallest absolute Gasteiger partial charge is 0.345 e. The summed E-state index contributed by atoms with van der Waals surface area (Å²) in [6.07, 6.45) is -3.12. The van der Waals surface area contributed by atoms with Crippen LogP contribution in [0.5, 0.6) is 0 Å². The third kappa shape index (κ3) is 8.51. The van der Waals surface area contributed by atoms with Crippen molar-refractivity contribution in [3.05, 3.63) is 76.7 Å². The molecule has 0 bridgehead atoms. The predicted octanol–water partition coefficient (Wildman–Crippen LogP) is 3.15. The highest BCUT2D eigenvalue weighted by Gasteiger charge is 2.30. The molecule has 5 nitrogen and oxygen atoms in total. The number of carbonyl (C=O) groups is 1. The molecule has 0 atom stereocenters. The number of hydrogen-bond acceptors (Lipinski definition) is 3. The van der Waals surface area contributed by atoms with Crippen LogP contribution in [0.4, 0.5) is 13.2 Å². The van der Waals surface area contributed by atoms with Crippen molar-refractivity contribution in [2.24, 2.45) is 0 Å². The lowest BCUT2D eigenvalue weighted by atomic mass is 10.1. The minimum atomic E-state index is -4.45. The van der Waals surface area contributed by atoms with Gasteiger partial charge in [0.2, 0.25) is 15.9 Å². The molecule has 2 aromatic rings. The molecule has 0 aliphatic rings. The van der Waals surface area contributed by atoms with E-state index in [1.165, 1.54) is 18.2 Å². The van der Waals surface area contributed by atoms with Gasteiger partial charge in [-0.2, -0.15) is 13.2 Å². The maximum Gasteiger partial charge on any atom is 0.416 e. The Morgan fingerprint density at radius 1 is 1.07 bits per heavy atom. The topological polar surface area (TPSA) is 75.3 Å². The molecule has 0 saturated carbocycles. The summed E-state index contributed by atoms with van der Waals surface area (Å²) in [5.41, 5.74) is 0.101. The molecule has 158 valence electrons. The monoisotopic (exact) mass is 436 g/mol. The van der Waals surface area contributed by atoms with Gasteiger partial charge in [0.05, 0.1) is 12.1 Å². The first-order chi connectivity index (χ1) is 14.2. The summed E-state index contributed by atoms with van der Waals surface area (Å²) in [7, 11) is -3.68. The number of halogens is 3. The Balaban J connectivity index is 1.74. The predicted molar refractivity (Wildman–Crippen MR) is 108 cm³/mol. The number of nitrogens with one attached hydrogen (secondary N) is 2. The van der Waals surface area contributed by atoms with E-state index in [0.29, 0.717) is 0 Å². The fourth-order valence-electron chi connectivity index (χ4n) is 2.24. The van der Waals surface area contributed by atoms with Crippen LogP contribution < -0.4 is 10.0 Å².